The number of aryl methyl sites for hydroxylation is 2. The highest BCUT2D eigenvalue weighted by Crippen LogP contribution is 2.39. The van der Waals surface area contributed by atoms with Crippen LogP contribution in [0.5, 0.6) is 0 Å². The first-order valence-electron chi connectivity index (χ1n) is 6.81. The molecule has 3 rings (SSSR count). The van der Waals surface area contributed by atoms with Crippen molar-refractivity contribution in [3.8, 4) is 0 Å². The Balaban J connectivity index is 2.16. The molecule has 0 spiro atoms. The summed E-state index contributed by atoms with van der Waals surface area (Å²) in [5.41, 5.74) is 2.23. The first-order valence-corrected chi connectivity index (χ1v) is 7.60. The molecule has 1 aliphatic rings. The van der Waals surface area contributed by atoms with Crippen LogP contribution in [0.3, 0.4) is 0 Å². The summed E-state index contributed by atoms with van der Waals surface area (Å²) in [7, 11) is 3.47. The number of nitrogens with zero attached hydrogens (tertiary/aromatic N) is 2. The molecule has 20 heavy (non-hydrogen) atoms. The predicted octanol–water partition coefficient (Wildman–Crippen LogP) is 2.87. The fourth-order valence-corrected chi connectivity index (χ4v) is 3.29. The van der Waals surface area contributed by atoms with Gasteiger partial charge >= 0.3 is 5.69 Å². The number of aromatic nitrogens is 2. The van der Waals surface area contributed by atoms with E-state index >= 15 is 0 Å². The minimum Gasteiger partial charge on any atom is -0.295 e. The average molecular weight is 337 g/mol. The van der Waals surface area contributed by atoms with Crippen molar-refractivity contribution in [3.05, 3.63) is 32.7 Å². The lowest BCUT2D eigenvalue weighted by atomic mass is 9.95. The molecule has 4 nitrogen and oxygen atoms in total. The third kappa shape index (κ3) is 1.95. The van der Waals surface area contributed by atoms with Crippen molar-refractivity contribution in [1.82, 2.24) is 9.13 Å². The number of hydrogen-bond acceptors (Lipinski definition) is 2. The second kappa shape index (κ2) is 4.58. The van der Waals surface area contributed by atoms with Crippen LogP contribution >= 0.6 is 15.9 Å². The second-order valence-electron chi connectivity index (χ2n) is 5.71. The fraction of sp³-hybridized carbons (Fsp3) is 0.467. The van der Waals surface area contributed by atoms with E-state index in [-0.39, 0.29) is 17.4 Å². The Hall–Kier alpha value is -1.36. The molecule has 1 atom stereocenters. The Bertz CT molecular complexity index is 768. The second-order valence-corrected chi connectivity index (χ2v) is 6.57. The van der Waals surface area contributed by atoms with E-state index in [0.29, 0.717) is 11.5 Å². The summed E-state index contributed by atoms with van der Waals surface area (Å²) in [6, 6.07) is 3.70. The van der Waals surface area contributed by atoms with E-state index in [0.717, 1.165) is 28.3 Å². The molecule has 1 fully saturated rings. The molecule has 0 aliphatic heterocycles. The SMILES string of the molecule is CC(C(=O)c1cc2c(cc1Br)n(C)c(=O)n2C)C1CC1. The highest BCUT2D eigenvalue weighted by atomic mass is 79.9. The van der Waals surface area contributed by atoms with Crippen molar-refractivity contribution < 1.29 is 4.79 Å². The number of benzene rings is 1. The van der Waals surface area contributed by atoms with E-state index in [4.69, 9.17) is 0 Å². The van der Waals surface area contributed by atoms with Gasteiger partial charge in [-0.2, -0.15) is 0 Å². The average Bonchev–Trinajstić information content (AvgIpc) is 3.24. The lowest BCUT2D eigenvalue weighted by Gasteiger charge is -2.11. The van der Waals surface area contributed by atoms with Crippen LogP contribution in [0, 0.1) is 11.8 Å². The number of ketones is 1. The quantitative estimate of drug-likeness (QED) is 0.809. The van der Waals surface area contributed by atoms with Crippen molar-refractivity contribution in [1.29, 1.82) is 0 Å². The van der Waals surface area contributed by atoms with E-state index in [1.165, 1.54) is 0 Å². The molecule has 2 aromatic rings. The summed E-state index contributed by atoms with van der Waals surface area (Å²) in [5.74, 6) is 0.756. The highest BCUT2D eigenvalue weighted by Gasteiger charge is 2.33. The molecular weight excluding hydrogens is 320 g/mol. The zero-order valence-corrected chi connectivity index (χ0v) is 13.4. The summed E-state index contributed by atoms with van der Waals surface area (Å²) in [4.78, 5) is 24.5. The molecule has 1 aliphatic carbocycles. The van der Waals surface area contributed by atoms with Gasteiger partial charge in [-0.1, -0.05) is 6.92 Å². The third-order valence-electron chi connectivity index (χ3n) is 4.37. The number of hydrogen-bond donors (Lipinski definition) is 0. The standard InChI is InChI=1S/C15H17BrN2O2/c1-8(9-4-5-9)14(19)10-6-12-13(7-11(10)16)18(3)15(20)17(12)2/h6-9H,4-5H2,1-3H3. The summed E-state index contributed by atoms with van der Waals surface area (Å²) >= 11 is 3.48. The Kier molecular flexibility index (Phi) is 3.12. The lowest BCUT2D eigenvalue weighted by molar-refractivity contribution is 0.0915. The zero-order valence-electron chi connectivity index (χ0n) is 11.8. The number of Topliss-reactive ketones (excluding diaryl/α,β-unsaturated/α-hetero) is 1. The molecule has 0 amide bonds. The van der Waals surface area contributed by atoms with E-state index in [2.05, 4.69) is 15.9 Å². The van der Waals surface area contributed by atoms with Gasteiger partial charge in [0.2, 0.25) is 0 Å². The Morgan fingerprint density at radius 2 is 1.80 bits per heavy atom. The number of carbonyl (C=O) groups is 1. The molecule has 1 aromatic heterocycles. The van der Waals surface area contributed by atoms with Gasteiger partial charge < -0.3 is 0 Å². The Morgan fingerprint density at radius 1 is 1.25 bits per heavy atom. The Morgan fingerprint density at radius 3 is 2.35 bits per heavy atom. The lowest BCUT2D eigenvalue weighted by Crippen LogP contribution is -2.19. The van der Waals surface area contributed by atoms with Crippen molar-refractivity contribution >= 4 is 32.7 Å². The largest absolute Gasteiger partial charge is 0.328 e. The van der Waals surface area contributed by atoms with Gasteiger partial charge in [-0.05, 0) is 46.8 Å². The van der Waals surface area contributed by atoms with Gasteiger partial charge in [0.25, 0.3) is 0 Å². The van der Waals surface area contributed by atoms with Crippen LogP contribution in [-0.2, 0) is 14.1 Å². The molecule has 0 saturated heterocycles. The van der Waals surface area contributed by atoms with Gasteiger partial charge in [0.05, 0.1) is 11.0 Å². The van der Waals surface area contributed by atoms with Crippen molar-refractivity contribution in [2.24, 2.45) is 25.9 Å². The number of fused-ring (bicyclic) bond motifs is 1. The topological polar surface area (TPSA) is 44.0 Å². The van der Waals surface area contributed by atoms with Crippen molar-refractivity contribution in [2.75, 3.05) is 0 Å². The first-order chi connectivity index (χ1) is 9.41. The van der Waals surface area contributed by atoms with E-state index in [1.807, 2.05) is 19.1 Å². The molecule has 1 saturated carbocycles. The number of halogens is 1. The third-order valence-corrected chi connectivity index (χ3v) is 5.03. The predicted molar refractivity (Wildman–Crippen MR) is 82.1 cm³/mol. The maximum Gasteiger partial charge on any atom is 0.328 e. The van der Waals surface area contributed by atoms with E-state index < -0.39 is 0 Å². The van der Waals surface area contributed by atoms with Gasteiger partial charge in [0, 0.05) is 30.0 Å². The van der Waals surface area contributed by atoms with E-state index in [1.54, 1.807) is 23.2 Å². The molecule has 0 bridgehead atoms. The fourth-order valence-electron chi connectivity index (χ4n) is 2.76. The first kappa shape index (κ1) is 13.6. The molecule has 0 N–H and O–H groups in total. The maximum absolute atomic E-state index is 12.6. The van der Waals surface area contributed by atoms with Gasteiger partial charge in [-0.3, -0.25) is 13.9 Å². The summed E-state index contributed by atoms with van der Waals surface area (Å²) < 4.78 is 3.95. The number of rotatable bonds is 3. The van der Waals surface area contributed by atoms with Gasteiger partial charge in [0.1, 0.15) is 0 Å². The van der Waals surface area contributed by atoms with Crippen LogP contribution in [0.2, 0.25) is 0 Å². The normalized spacial score (nSPS) is 16.6. The smallest absolute Gasteiger partial charge is 0.295 e. The van der Waals surface area contributed by atoms with Crippen LogP contribution in [-0.4, -0.2) is 14.9 Å². The Labute approximate surface area is 125 Å². The molecule has 1 heterocycles. The van der Waals surface area contributed by atoms with Crippen LogP contribution in [0.15, 0.2) is 21.4 Å². The summed E-state index contributed by atoms with van der Waals surface area (Å²) in [6.07, 6.45) is 2.30. The van der Waals surface area contributed by atoms with Crippen LogP contribution in [0.25, 0.3) is 11.0 Å². The molecule has 0 radical (unpaired) electrons. The van der Waals surface area contributed by atoms with Crippen LogP contribution in [0.4, 0.5) is 0 Å². The van der Waals surface area contributed by atoms with E-state index in [9.17, 15) is 9.59 Å². The molecule has 5 heteroatoms. The van der Waals surface area contributed by atoms with Gasteiger partial charge in [-0.15, -0.1) is 0 Å². The van der Waals surface area contributed by atoms with Gasteiger partial charge in [-0.25, -0.2) is 4.79 Å². The number of imidazole rings is 1. The van der Waals surface area contributed by atoms with Crippen molar-refractivity contribution in [3.63, 3.8) is 0 Å². The monoisotopic (exact) mass is 336 g/mol. The molecule has 106 valence electrons. The number of carbonyl (C=O) groups excluding carboxylic acids is 1. The molecule has 1 aromatic carbocycles. The molecule has 1 unspecified atom stereocenters. The van der Waals surface area contributed by atoms with Crippen LogP contribution in [0.1, 0.15) is 30.1 Å². The summed E-state index contributed by atoms with van der Waals surface area (Å²) in [5, 5.41) is 0. The zero-order chi connectivity index (χ0) is 14.6. The van der Waals surface area contributed by atoms with Crippen LogP contribution < -0.4 is 5.69 Å². The minimum atomic E-state index is -0.0771. The summed E-state index contributed by atoms with van der Waals surface area (Å²) in [6.45, 7) is 2.00. The highest BCUT2D eigenvalue weighted by molar-refractivity contribution is 9.10. The van der Waals surface area contributed by atoms with Crippen molar-refractivity contribution in [2.45, 2.75) is 19.8 Å². The molecular formula is C15H17BrN2O2. The minimum absolute atomic E-state index is 0.0597. The van der Waals surface area contributed by atoms with Gasteiger partial charge in [0.15, 0.2) is 5.78 Å². The maximum atomic E-state index is 12.6.